The minimum atomic E-state index is -0.0240. The van der Waals surface area contributed by atoms with Gasteiger partial charge in [-0.3, -0.25) is 4.79 Å². The van der Waals surface area contributed by atoms with Crippen molar-refractivity contribution in [2.75, 3.05) is 6.61 Å². The molecule has 2 atom stereocenters. The molecule has 1 aliphatic rings. The van der Waals surface area contributed by atoms with Gasteiger partial charge in [0.2, 0.25) is 0 Å². The van der Waals surface area contributed by atoms with Crippen LogP contribution >= 0.6 is 0 Å². The molecule has 0 amide bonds. The van der Waals surface area contributed by atoms with E-state index in [0.29, 0.717) is 24.9 Å². The standard InChI is InChI=1S/C12H20O2/c1-9(2)5-4-6-10(3)11-7-12(13)14-8-11/h5,10-11H,4,6-8H2,1-3H3/t10-,11-/m1/s1. The molecular formula is C12H20O2. The Bertz CT molecular complexity index is 226. The van der Waals surface area contributed by atoms with E-state index in [1.807, 2.05) is 0 Å². The molecule has 2 heteroatoms. The van der Waals surface area contributed by atoms with Crippen LogP contribution in [0.25, 0.3) is 0 Å². The summed E-state index contributed by atoms with van der Waals surface area (Å²) in [5.41, 5.74) is 1.37. The second-order valence-corrected chi connectivity index (χ2v) is 4.48. The highest BCUT2D eigenvalue weighted by molar-refractivity contribution is 5.71. The lowest BCUT2D eigenvalue weighted by molar-refractivity contribution is -0.137. The van der Waals surface area contributed by atoms with Crippen molar-refractivity contribution < 1.29 is 9.53 Å². The van der Waals surface area contributed by atoms with E-state index in [0.717, 1.165) is 12.8 Å². The number of esters is 1. The third-order valence-corrected chi connectivity index (χ3v) is 2.87. The zero-order chi connectivity index (χ0) is 10.6. The first-order chi connectivity index (χ1) is 6.59. The van der Waals surface area contributed by atoms with Crippen molar-refractivity contribution >= 4 is 5.97 Å². The van der Waals surface area contributed by atoms with E-state index in [9.17, 15) is 4.79 Å². The van der Waals surface area contributed by atoms with Crippen LogP contribution in [0, 0.1) is 11.8 Å². The van der Waals surface area contributed by atoms with Crippen molar-refractivity contribution in [3.05, 3.63) is 11.6 Å². The maximum absolute atomic E-state index is 10.9. The predicted molar refractivity (Wildman–Crippen MR) is 56.9 cm³/mol. The molecule has 0 radical (unpaired) electrons. The number of hydrogen-bond donors (Lipinski definition) is 0. The molecule has 1 rings (SSSR count). The van der Waals surface area contributed by atoms with Gasteiger partial charge in [-0.25, -0.2) is 0 Å². The van der Waals surface area contributed by atoms with E-state index < -0.39 is 0 Å². The quantitative estimate of drug-likeness (QED) is 0.510. The van der Waals surface area contributed by atoms with Crippen molar-refractivity contribution in [3.8, 4) is 0 Å². The topological polar surface area (TPSA) is 26.3 Å². The Hall–Kier alpha value is -0.790. The smallest absolute Gasteiger partial charge is 0.306 e. The van der Waals surface area contributed by atoms with E-state index in [-0.39, 0.29) is 5.97 Å². The summed E-state index contributed by atoms with van der Waals surface area (Å²) in [4.78, 5) is 10.9. The first kappa shape index (κ1) is 11.3. The van der Waals surface area contributed by atoms with Crippen molar-refractivity contribution in [3.63, 3.8) is 0 Å². The molecule has 0 bridgehead atoms. The van der Waals surface area contributed by atoms with Gasteiger partial charge in [-0.1, -0.05) is 18.6 Å². The number of carbonyl (C=O) groups excluding carboxylic acids is 1. The maximum atomic E-state index is 10.9. The van der Waals surface area contributed by atoms with Crippen LogP contribution in [-0.2, 0) is 9.53 Å². The molecule has 1 aliphatic heterocycles. The summed E-state index contributed by atoms with van der Waals surface area (Å²) in [6, 6.07) is 0. The molecule has 80 valence electrons. The van der Waals surface area contributed by atoms with Crippen LogP contribution in [-0.4, -0.2) is 12.6 Å². The molecule has 0 saturated carbocycles. The van der Waals surface area contributed by atoms with Crippen molar-refractivity contribution in [1.29, 1.82) is 0 Å². The molecule has 0 aromatic heterocycles. The molecule has 1 fully saturated rings. The molecule has 1 heterocycles. The third kappa shape index (κ3) is 3.52. The van der Waals surface area contributed by atoms with Crippen LogP contribution < -0.4 is 0 Å². The lowest BCUT2D eigenvalue weighted by Gasteiger charge is -2.14. The summed E-state index contributed by atoms with van der Waals surface area (Å²) in [5.74, 6) is 1.02. The van der Waals surface area contributed by atoms with Gasteiger partial charge in [0.1, 0.15) is 0 Å². The van der Waals surface area contributed by atoms with E-state index >= 15 is 0 Å². The molecule has 0 aliphatic carbocycles. The van der Waals surface area contributed by atoms with Crippen LogP contribution in [0.1, 0.15) is 40.0 Å². The Labute approximate surface area is 86.3 Å². The molecule has 0 spiro atoms. The van der Waals surface area contributed by atoms with E-state index in [2.05, 4.69) is 26.8 Å². The summed E-state index contributed by atoms with van der Waals surface area (Å²) in [7, 11) is 0. The van der Waals surface area contributed by atoms with Gasteiger partial charge in [0.05, 0.1) is 13.0 Å². The normalized spacial score (nSPS) is 23.1. The number of carbonyl (C=O) groups is 1. The summed E-state index contributed by atoms with van der Waals surface area (Å²) < 4.78 is 4.96. The fourth-order valence-corrected chi connectivity index (χ4v) is 1.77. The first-order valence-corrected chi connectivity index (χ1v) is 5.38. The van der Waals surface area contributed by atoms with Crippen LogP contribution in [0.15, 0.2) is 11.6 Å². The predicted octanol–water partition coefficient (Wildman–Crippen LogP) is 2.93. The number of ether oxygens (including phenoxy) is 1. The molecule has 0 unspecified atom stereocenters. The van der Waals surface area contributed by atoms with Gasteiger partial charge in [-0.2, -0.15) is 0 Å². The van der Waals surface area contributed by atoms with Gasteiger partial charge in [0, 0.05) is 5.92 Å². The SMILES string of the molecule is CC(C)=CCC[C@@H](C)[C@H]1COC(=O)C1. The minimum Gasteiger partial charge on any atom is -0.465 e. The zero-order valence-electron chi connectivity index (χ0n) is 9.38. The Kier molecular flexibility index (Phi) is 4.18. The number of cyclic esters (lactones) is 1. The average Bonchev–Trinajstić information content (AvgIpc) is 2.51. The highest BCUT2D eigenvalue weighted by atomic mass is 16.5. The first-order valence-electron chi connectivity index (χ1n) is 5.38. The van der Waals surface area contributed by atoms with Crippen molar-refractivity contribution in [2.45, 2.75) is 40.0 Å². The van der Waals surface area contributed by atoms with Gasteiger partial charge in [-0.05, 0) is 32.6 Å². The lowest BCUT2D eigenvalue weighted by Crippen LogP contribution is -2.11. The highest BCUT2D eigenvalue weighted by Crippen LogP contribution is 2.26. The number of hydrogen-bond acceptors (Lipinski definition) is 2. The van der Waals surface area contributed by atoms with Crippen LogP contribution in [0.5, 0.6) is 0 Å². The molecule has 0 N–H and O–H groups in total. The molecule has 0 aromatic rings. The molecule has 14 heavy (non-hydrogen) atoms. The maximum Gasteiger partial charge on any atom is 0.306 e. The lowest BCUT2D eigenvalue weighted by atomic mass is 9.89. The van der Waals surface area contributed by atoms with E-state index in [4.69, 9.17) is 4.74 Å². The molecular weight excluding hydrogens is 176 g/mol. The Morgan fingerprint density at radius 2 is 2.36 bits per heavy atom. The fraction of sp³-hybridized carbons (Fsp3) is 0.750. The number of rotatable bonds is 4. The minimum absolute atomic E-state index is 0.0240. The van der Waals surface area contributed by atoms with E-state index in [1.54, 1.807) is 0 Å². The Balaban J connectivity index is 2.25. The molecule has 0 aromatic carbocycles. The van der Waals surface area contributed by atoms with Crippen molar-refractivity contribution in [2.24, 2.45) is 11.8 Å². The van der Waals surface area contributed by atoms with Gasteiger partial charge in [0.15, 0.2) is 0 Å². The zero-order valence-corrected chi connectivity index (χ0v) is 9.38. The summed E-state index contributed by atoms with van der Waals surface area (Å²) >= 11 is 0. The molecule has 1 saturated heterocycles. The fourth-order valence-electron chi connectivity index (χ4n) is 1.77. The van der Waals surface area contributed by atoms with Crippen LogP contribution in [0.2, 0.25) is 0 Å². The Morgan fingerprint density at radius 1 is 1.64 bits per heavy atom. The van der Waals surface area contributed by atoms with Crippen molar-refractivity contribution in [1.82, 2.24) is 0 Å². The van der Waals surface area contributed by atoms with Crippen LogP contribution in [0.4, 0.5) is 0 Å². The number of allylic oxidation sites excluding steroid dienone is 2. The largest absolute Gasteiger partial charge is 0.465 e. The third-order valence-electron chi connectivity index (χ3n) is 2.87. The second-order valence-electron chi connectivity index (χ2n) is 4.48. The van der Waals surface area contributed by atoms with Gasteiger partial charge >= 0.3 is 5.97 Å². The summed E-state index contributed by atoms with van der Waals surface area (Å²) in [6.45, 7) is 7.08. The second kappa shape index (κ2) is 5.18. The monoisotopic (exact) mass is 196 g/mol. The van der Waals surface area contributed by atoms with Gasteiger partial charge in [0.25, 0.3) is 0 Å². The Morgan fingerprint density at radius 3 is 2.86 bits per heavy atom. The van der Waals surface area contributed by atoms with Gasteiger partial charge in [-0.15, -0.1) is 0 Å². The van der Waals surface area contributed by atoms with Crippen LogP contribution in [0.3, 0.4) is 0 Å². The summed E-state index contributed by atoms with van der Waals surface area (Å²) in [6.07, 6.45) is 5.16. The molecule has 2 nitrogen and oxygen atoms in total. The van der Waals surface area contributed by atoms with E-state index in [1.165, 1.54) is 5.57 Å². The average molecular weight is 196 g/mol. The highest BCUT2D eigenvalue weighted by Gasteiger charge is 2.27. The van der Waals surface area contributed by atoms with Gasteiger partial charge < -0.3 is 4.74 Å². The summed E-state index contributed by atoms with van der Waals surface area (Å²) in [5, 5.41) is 0.